The van der Waals surface area contributed by atoms with Crippen molar-refractivity contribution in [1.82, 2.24) is 9.78 Å². The second kappa shape index (κ2) is 6.05. The predicted molar refractivity (Wildman–Crippen MR) is 76.8 cm³/mol. The van der Waals surface area contributed by atoms with E-state index in [-0.39, 0.29) is 0 Å². The standard InChI is InChI=1S/C14H17BrN2O/c1-3-4-8-17-10-11(9-16-17)12-6-5-7-13(15)14(12)18-2/h5-7,9-10H,3-4,8H2,1-2H3. The van der Waals surface area contributed by atoms with Crippen LogP contribution >= 0.6 is 15.9 Å². The molecule has 0 atom stereocenters. The van der Waals surface area contributed by atoms with Gasteiger partial charge in [0.1, 0.15) is 5.75 Å². The second-order valence-electron chi connectivity index (χ2n) is 4.17. The highest BCUT2D eigenvalue weighted by Crippen LogP contribution is 2.35. The van der Waals surface area contributed by atoms with Crippen LogP contribution in [0.15, 0.2) is 35.1 Å². The molecule has 0 spiro atoms. The highest BCUT2D eigenvalue weighted by atomic mass is 79.9. The van der Waals surface area contributed by atoms with Crippen LogP contribution in [0.4, 0.5) is 0 Å². The summed E-state index contributed by atoms with van der Waals surface area (Å²) in [5.74, 6) is 0.854. The van der Waals surface area contributed by atoms with E-state index in [2.05, 4.69) is 34.1 Å². The fourth-order valence-electron chi connectivity index (χ4n) is 1.89. The third-order valence-electron chi connectivity index (χ3n) is 2.86. The van der Waals surface area contributed by atoms with Gasteiger partial charge in [-0.25, -0.2) is 0 Å². The maximum absolute atomic E-state index is 5.44. The maximum atomic E-state index is 5.44. The Morgan fingerprint density at radius 1 is 1.39 bits per heavy atom. The van der Waals surface area contributed by atoms with Gasteiger partial charge in [-0.1, -0.05) is 25.5 Å². The lowest BCUT2D eigenvalue weighted by Crippen LogP contribution is -1.96. The maximum Gasteiger partial charge on any atom is 0.140 e. The molecule has 0 fully saturated rings. The van der Waals surface area contributed by atoms with Gasteiger partial charge in [0.15, 0.2) is 0 Å². The van der Waals surface area contributed by atoms with Crippen molar-refractivity contribution in [2.75, 3.05) is 7.11 Å². The Labute approximate surface area is 116 Å². The van der Waals surface area contributed by atoms with E-state index in [0.717, 1.165) is 34.3 Å². The average Bonchev–Trinajstić information content (AvgIpc) is 2.84. The largest absolute Gasteiger partial charge is 0.495 e. The van der Waals surface area contributed by atoms with E-state index in [4.69, 9.17) is 4.74 Å². The number of halogens is 1. The molecule has 2 rings (SSSR count). The number of rotatable bonds is 5. The van der Waals surface area contributed by atoms with Crippen molar-refractivity contribution in [2.45, 2.75) is 26.3 Å². The smallest absolute Gasteiger partial charge is 0.140 e. The summed E-state index contributed by atoms with van der Waals surface area (Å²) < 4.78 is 8.38. The SMILES string of the molecule is CCCCn1cc(-c2cccc(Br)c2OC)cn1. The fraction of sp³-hybridized carbons (Fsp3) is 0.357. The van der Waals surface area contributed by atoms with Crippen molar-refractivity contribution in [3.8, 4) is 16.9 Å². The van der Waals surface area contributed by atoms with Crippen LogP contribution in [-0.2, 0) is 6.54 Å². The first-order valence-corrected chi connectivity index (χ1v) is 6.91. The third kappa shape index (κ3) is 2.75. The van der Waals surface area contributed by atoms with E-state index >= 15 is 0 Å². The van der Waals surface area contributed by atoms with Crippen LogP contribution in [-0.4, -0.2) is 16.9 Å². The molecule has 0 saturated heterocycles. The summed E-state index contributed by atoms with van der Waals surface area (Å²) in [6.07, 6.45) is 6.28. The number of benzene rings is 1. The van der Waals surface area contributed by atoms with Crippen molar-refractivity contribution >= 4 is 15.9 Å². The van der Waals surface area contributed by atoms with Gasteiger partial charge >= 0.3 is 0 Å². The van der Waals surface area contributed by atoms with Crippen LogP contribution in [0.5, 0.6) is 5.75 Å². The molecule has 0 unspecified atom stereocenters. The lowest BCUT2D eigenvalue weighted by atomic mass is 10.1. The normalized spacial score (nSPS) is 10.6. The second-order valence-corrected chi connectivity index (χ2v) is 5.02. The van der Waals surface area contributed by atoms with Crippen LogP contribution < -0.4 is 4.74 Å². The molecule has 0 aliphatic rings. The molecule has 1 aromatic heterocycles. The van der Waals surface area contributed by atoms with Gasteiger partial charge in [-0.05, 0) is 28.4 Å². The van der Waals surface area contributed by atoms with Crippen molar-refractivity contribution < 1.29 is 4.74 Å². The lowest BCUT2D eigenvalue weighted by Gasteiger charge is -2.08. The summed E-state index contributed by atoms with van der Waals surface area (Å²) in [6, 6.07) is 6.03. The van der Waals surface area contributed by atoms with Gasteiger partial charge in [0.25, 0.3) is 0 Å². The zero-order valence-corrected chi connectivity index (χ0v) is 12.3. The number of aromatic nitrogens is 2. The molecule has 0 bridgehead atoms. The molecule has 0 radical (unpaired) electrons. The van der Waals surface area contributed by atoms with Crippen molar-refractivity contribution in [1.29, 1.82) is 0 Å². The molecule has 2 aromatic rings. The van der Waals surface area contributed by atoms with E-state index in [1.165, 1.54) is 6.42 Å². The van der Waals surface area contributed by atoms with Crippen molar-refractivity contribution in [2.24, 2.45) is 0 Å². The summed E-state index contributed by atoms with van der Waals surface area (Å²) in [5, 5.41) is 4.38. The van der Waals surface area contributed by atoms with Crippen LogP contribution in [0.1, 0.15) is 19.8 Å². The van der Waals surface area contributed by atoms with Gasteiger partial charge < -0.3 is 4.74 Å². The third-order valence-corrected chi connectivity index (χ3v) is 3.48. The first-order chi connectivity index (χ1) is 8.76. The molecule has 18 heavy (non-hydrogen) atoms. The Hall–Kier alpha value is -1.29. The minimum absolute atomic E-state index is 0.854. The highest BCUT2D eigenvalue weighted by Gasteiger charge is 2.10. The van der Waals surface area contributed by atoms with Crippen LogP contribution in [0.25, 0.3) is 11.1 Å². The van der Waals surface area contributed by atoms with Crippen LogP contribution in [0.3, 0.4) is 0 Å². The van der Waals surface area contributed by atoms with Gasteiger partial charge in [0.2, 0.25) is 0 Å². The number of nitrogens with zero attached hydrogens (tertiary/aromatic N) is 2. The quantitative estimate of drug-likeness (QED) is 0.830. The summed E-state index contributed by atoms with van der Waals surface area (Å²) in [4.78, 5) is 0. The molecule has 0 N–H and O–H groups in total. The Bertz CT molecular complexity index is 522. The monoisotopic (exact) mass is 308 g/mol. The Morgan fingerprint density at radius 3 is 2.94 bits per heavy atom. The molecule has 3 nitrogen and oxygen atoms in total. The molecule has 0 saturated carbocycles. The average molecular weight is 309 g/mol. The van der Waals surface area contributed by atoms with Crippen LogP contribution in [0, 0.1) is 0 Å². The molecule has 1 heterocycles. The van der Waals surface area contributed by atoms with E-state index in [9.17, 15) is 0 Å². The molecule has 0 amide bonds. The lowest BCUT2D eigenvalue weighted by molar-refractivity contribution is 0.414. The number of methoxy groups -OCH3 is 1. The summed E-state index contributed by atoms with van der Waals surface area (Å²) in [6.45, 7) is 3.15. The number of hydrogen-bond acceptors (Lipinski definition) is 2. The zero-order valence-electron chi connectivity index (χ0n) is 10.7. The number of para-hydroxylation sites is 1. The minimum Gasteiger partial charge on any atom is -0.495 e. The van der Waals surface area contributed by atoms with Crippen molar-refractivity contribution in [3.05, 3.63) is 35.1 Å². The van der Waals surface area contributed by atoms with Gasteiger partial charge in [0, 0.05) is 23.9 Å². The van der Waals surface area contributed by atoms with E-state index in [1.54, 1.807) is 7.11 Å². The number of aryl methyl sites for hydroxylation is 1. The highest BCUT2D eigenvalue weighted by molar-refractivity contribution is 9.10. The molecule has 1 aromatic carbocycles. The van der Waals surface area contributed by atoms with Gasteiger partial charge in [-0.3, -0.25) is 4.68 Å². The summed E-state index contributed by atoms with van der Waals surface area (Å²) in [7, 11) is 1.69. The molecule has 96 valence electrons. The van der Waals surface area contributed by atoms with Crippen LogP contribution in [0.2, 0.25) is 0 Å². The van der Waals surface area contributed by atoms with E-state index in [1.807, 2.05) is 29.1 Å². The Kier molecular flexibility index (Phi) is 4.42. The molecular weight excluding hydrogens is 292 g/mol. The predicted octanol–water partition coefficient (Wildman–Crippen LogP) is 4.12. The molecular formula is C14H17BrN2O. The van der Waals surface area contributed by atoms with E-state index in [0.29, 0.717) is 0 Å². The Balaban J connectivity index is 2.31. The van der Waals surface area contributed by atoms with Gasteiger partial charge in [-0.15, -0.1) is 0 Å². The zero-order chi connectivity index (χ0) is 13.0. The first kappa shape index (κ1) is 13.1. The molecule has 0 aliphatic heterocycles. The topological polar surface area (TPSA) is 27.1 Å². The summed E-state index contributed by atoms with van der Waals surface area (Å²) >= 11 is 3.50. The number of ether oxygens (including phenoxy) is 1. The molecule has 4 heteroatoms. The number of hydrogen-bond donors (Lipinski definition) is 0. The van der Waals surface area contributed by atoms with Gasteiger partial charge in [-0.2, -0.15) is 5.10 Å². The van der Waals surface area contributed by atoms with Gasteiger partial charge in [0.05, 0.1) is 17.8 Å². The van der Waals surface area contributed by atoms with E-state index < -0.39 is 0 Å². The fourth-order valence-corrected chi connectivity index (χ4v) is 2.42. The first-order valence-electron chi connectivity index (χ1n) is 6.11. The van der Waals surface area contributed by atoms with Crippen molar-refractivity contribution in [3.63, 3.8) is 0 Å². The molecule has 0 aliphatic carbocycles. The minimum atomic E-state index is 0.854. The summed E-state index contributed by atoms with van der Waals surface area (Å²) in [5.41, 5.74) is 2.15. The number of unbranched alkanes of at least 4 members (excludes halogenated alkanes) is 1. The Morgan fingerprint density at radius 2 is 2.22 bits per heavy atom.